The Balaban J connectivity index is 1.54. The summed E-state index contributed by atoms with van der Waals surface area (Å²) < 4.78 is 15.9. The van der Waals surface area contributed by atoms with Crippen LogP contribution in [0.1, 0.15) is 40.3 Å². The van der Waals surface area contributed by atoms with Gasteiger partial charge in [0.05, 0.1) is 17.5 Å². The Labute approximate surface area is 191 Å². The van der Waals surface area contributed by atoms with Crippen molar-refractivity contribution in [3.05, 3.63) is 83.8 Å². The van der Waals surface area contributed by atoms with Gasteiger partial charge in [0, 0.05) is 12.1 Å². The minimum Gasteiger partial charge on any atom is -0.489 e. The van der Waals surface area contributed by atoms with E-state index in [9.17, 15) is 14.4 Å². The summed E-state index contributed by atoms with van der Waals surface area (Å²) >= 11 is 0. The van der Waals surface area contributed by atoms with Crippen molar-refractivity contribution < 1.29 is 28.3 Å². The summed E-state index contributed by atoms with van der Waals surface area (Å²) in [5, 5.41) is 5.42. The predicted octanol–water partition coefficient (Wildman–Crippen LogP) is 4.04. The molecule has 0 saturated carbocycles. The van der Waals surface area contributed by atoms with E-state index in [0.717, 1.165) is 0 Å². The van der Waals surface area contributed by atoms with Crippen LogP contribution in [0.3, 0.4) is 0 Å². The fraction of sp³-hybridized carbons (Fsp3) is 0.240. The van der Waals surface area contributed by atoms with Crippen LogP contribution in [0.4, 0.5) is 5.69 Å². The normalized spacial score (nSPS) is 10.5. The Morgan fingerprint density at radius 2 is 1.70 bits per heavy atom. The number of furan rings is 1. The van der Waals surface area contributed by atoms with E-state index in [4.69, 9.17) is 13.9 Å². The number of para-hydroxylation sites is 2. The van der Waals surface area contributed by atoms with Gasteiger partial charge in [-0.05, 0) is 36.2 Å². The van der Waals surface area contributed by atoms with Crippen LogP contribution in [0.15, 0.2) is 71.3 Å². The second kappa shape index (κ2) is 11.5. The molecular formula is C25H26N2O6. The zero-order valence-corrected chi connectivity index (χ0v) is 18.5. The molecule has 0 bridgehead atoms. The first-order chi connectivity index (χ1) is 15.9. The second-order valence-electron chi connectivity index (χ2n) is 7.65. The Morgan fingerprint density at radius 1 is 0.970 bits per heavy atom. The van der Waals surface area contributed by atoms with Gasteiger partial charge < -0.3 is 24.5 Å². The van der Waals surface area contributed by atoms with E-state index in [-0.39, 0.29) is 18.3 Å². The second-order valence-corrected chi connectivity index (χ2v) is 7.65. The first-order valence-corrected chi connectivity index (χ1v) is 10.5. The molecule has 8 heteroatoms. The lowest BCUT2D eigenvalue weighted by atomic mass is 10.1. The number of nitrogens with one attached hydrogen (secondary N) is 2. The van der Waals surface area contributed by atoms with Gasteiger partial charge >= 0.3 is 5.97 Å². The van der Waals surface area contributed by atoms with E-state index in [2.05, 4.69) is 10.6 Å². The summed E-state index contributed by atoms with van der Waals surface area (Å²) in [6.07, 6.45) is 1.35. The smallest absolute Gasteiger partial charge is 0.375 e. The van der Waals surface area contributed by atoms with Crippen molar-refractivity contribution in [3.8, 4) is 5.75 Å². The number of benzene rings is 2. The Bertz CT molecular complexity index is 1090. The van der Waals surface area contributed by atoms with E-state index < -0.39 is 18.5 Å². The molecule has 3 aromatic rings. The number of esters is 1. The lowest BCUT2D eigenvalue weighted by Crippen LogP contribution is -2.29. The maximum absolute atomic E-state index is 12.4. The van der Waals surface area contributed by atoms with Crippen LogP contribution >= 0.6 is 0 Å². The first kappa shape index (κ1) is 23.6. The van der Waals surface area contributed by atoms with Gasteiger partial charge in [-0.1, -0.05) is 44.2 Å². The Kier molecular flexibility index (Phi) is 8.24. The summed E-state index contributed by atoms with van der Waals surface area (Å²) in [5.41, 5.74) is 1.15. The summed E-state index contributed by atoms with van der Waals surface area (Å²) in [5.74, 6) is -0.763. The van der Waals surface area contributed by atoms with Gasteiger partial charge in [-0.2, -0.15) is 0 Å². The van der Waals surface area contributed by atoms with E-state index in [1.54, 1.807) is 42.5 Å². The summed E-state index contributed by atoms with van der Waals surface area (Å²) in [6.45, 7) is 4.05. The molecule has 0 fully saturated rings. The molecule has 0 atom stereocenters. The largest absolute Gasteiger partial charge is 0.489 e. The molecule has 0 aliphatic rings. The van der Waals surface area contributed by atoms with Crippen LogP contribution in [0, 0.1) is 5.92 Å². The Morgan fingerprint density at radius 3 is 2.45 bits per heavy atom. The van der Waals surface area contributed by atoms with E-state index in [1.807, 2.05) is 32.0 Å². The third kappa shape index (κ3) is 6.96. The highest BCUT2D eigenvalue weighted by molar-refractivity contribution is 6.04. The standard InChI is InChI=1S/C25H26N2O6/c1-17(2)14-26-24(29)20-10-6-7-11-21(20)27-22(28)16-33-25(30)23-18(12-13-31-23)15-32-19-8-4-3-5-9-19/h3-13,17H,14-16H2,1-2H3,(H,26,29)(H,27,28). The van der Waals surface area contributed by atoms with Gasteiger partial charge in [-0.25, -0.2) is 4.79 Å². The molecule has 8 nitrogen and oxygen atoms in total. The van der Waals surface area contributed by atoms with Crippen LogP contribution in [-0.2, 0) is 16.1 Å². The van der Waals surface area contributed by atoms with Crippen LogP contribution in [0.2, 0.25) is 0 Å². The number of rotatable bonds is 10. The maximum Gasteiger partial charge on any atom is 0.375 e. The number of carbonyl (C=O) groups excluding carboxylic acids is 3. The molecule has 0 unspecified atom stereocenters. The number of amides is 2. The molecule has 0 spiro atoms. The third-order valence-corrected chi connectivity index (χ3v) is 4.52. The quantitative estimate of drug-likeness (QED) is 0.452. The van der Waals surface area contributed by atoms with E-state index in [1.165, 1.54) is 6.26 Å². The predicted molar refractivity (Wildman–Crippen MR) is 122 cm³/mol. The number of carbonyl (C=O) groups is 3. The van der Waals surface area contributed by atoms with E-state index >= 15 is 0 Å². The van der Waals surface area contributed by atoms with Gasteiger partial charge in [0.1, 0.15) is 12.4 Å². The number of hydrogen-bond acceptors (Lipinski definition) is 6. The minimum absolute atomic E-state index is 0.0350. The average molecular weight is 450 g/mol. The van der Waals surface area contributed by atoms with Crippen LogP contribution in [0.5, 0.6) is 5.75 Å². The molecule has 0 aliphatic heterocycles. The van der Waals surface area contributed by atoms with Crippen molar-refractivity contribution in [3.63, 3.8) is 0 Å². The molecule has 2 amide bonds. The van der Waals surface area contributed by atoms with Crippen LogP contribution < -0.4 is 15.4 Å². The van der Waals surface area contributed by atoms with Crippen LogP contribution in [0.25, 0.3) is 0 Å². The van der Waals surface area contributed by atoms with Crippen LogP contribution in [-0.4, -0.2) is 30.9 Å². The lowest BCUT2D eigenvalue weighted by molar-refractivity contribution is -0.119. The van der Waals surface area contributed by atoms with Gasteiger partial charge in [0.25, 0.3) is 11.8 Å². The summed E-state index contributed by atoms with van der Waals surface area (Å²) in [6, 6.07) is 17.4. The lowest BCUT2D eigenvalue weighted by Gasteiger charge is -2.12. The zero-order valence-electron chi connectivity index (χ0n) is 18.5. The van der Waals surface area contributed by atoms with Crippen molar-refractivity contribution in [1.29, 1.82) is 0 Å². The average Bonchev–Trinajstić information content (AvgIpc) is 3.29. The molecule has 2 N–H and O–H groups in total. The number of hydrogen-bond donors (Lipinski definition) is 2. The van der Waals surface area contributed by atoms with Crippen molar-refractivity contribution in [1.82, 2.24) is 5.32 Å². The molecule has 1 aromatic heterocycles. The molecule has 0 aliphatic carbocycles. The Hall–Kier alpha value is -4.07. The summed E-state index contributed by atoms with van der Waals surface area (Å²) in [7, 11) is 0. The molecule has 2 aromatic carbocycles. The van der Waals surface area contributed by atoms with Crippen molar-refractivity contribution >= 4 is 23.5 Å². The van der Waals surface area contributed by atoms with Crippen molar-refractivity contribution in [2.75, 3.05) is 18.5 Å². The molecule has 3 rings (SSSR count). The minimum atomic E-state index is -0.787. The van der Waals surface area contributed by atoms with Gasteiger partial charge in [0.15, 0.2) is 6.61 Å². The van der Waals surface area contributed by atoms with Gasteiger partial charge in [0.2, 0.25) is 5.76 Å². The molecular weight excluding hydrogens is 424 g/mol. The molecule has 1 heterocycles. The summed E-state index contributed by atoms with van der Waals surface area (Å²) in [4.78, 5) is 37.2. The third-order valence-electron chi connectivity index (χ3n) is 4.52. The van der Waals surface area contributed by atoms with E-state index in [0.29, 0.717) is 35.0 Å². The van der Waals surface area contributed by atoms with Gasteiger partial charge in [-0.15, -0.1) is 0 Å². The topological polar surface area (TPSA) is 107 Å². The number of ether oxygens (including phenoxy) is 2. The SMILES string of the molecule is CC(C)CNC(=O)c1ccccc1NC(=O)COC(=O)c1occc1COc1ccccc1. The fourth-order valence-electron chi connectivity index (χ4n) is 2.87. The molecule has 0 radical (unpaired) electrons. The fourth-order valence-corrected chi connectivity index (χ4v) is 2.87. The molecule has 33 heavy (non-hydrogen) atoms. The monoisotopic (exact) mass is 450 g/mol. The zero-order chi connectivity index (χ0) is 23.6. The maximum atomic E-state index is 12.4. The molecule has 172 valence electrons. The highest BCUT2D eigenvalue weighted by atomic mass is 16.5. The highest BCUT2D eigenvalue weighted by Crippen LogP contribution is 2.18. The number of anilines is 1. The van der Waals surface area contributed by atoms with Gasteiger partial charge in [-0.3, -0.25) is 9.59 Å². The van der Waals surface area contributed by atoms with Crippen molar-refractivity contribution in [2.45, 2.75) is 20.5 Å². The van der Waals surface area contributed by atoms with Crippen molar-refractivity contribution in [2.24, 2.45) is 5.92 Å². The molecule has 0 saturated heterocycles. The first-order valence-electron chi connectivity index (χ1n) is 10.5. The highest BCUT2D eigenvalue weighted by Gasteiger charge is 2.20.